The van der Waals surface area contributed by atoms with E-state index >= 15 is 0 Å². The third kappa shape index (κ3) is 5.11. The first kappa shape index (κ1) is 24.2. The summed E-state index contributed by atoms with van der Waals surface area (Å²) in [5, 5.41) is 6.96. The monoisotopic (exact) mass is 483 g/mol. The molecule has 0 aliphatic carbocycles. The molecule has 0 unspecified atom stereocenters. The highest BCUT2D eigenvalue weighted by molar-refractivity contribution is 5.97. The zero-order chi connectivity index (χ0) is 25.3. The molecule has 2 aromatic carbocycles. The number of rotatable bonds is 5. The Morgan fingerprint density at radius 1 is 1.20 bits per heavy atom. The second kappa shape index (κ2) is 9.36. The highest BCUT2D eigenvalue weighted by Gasteiger charge is 2.33. The molecule has 1 aliphatic rings. The Balaban J connectivity index is 1.65. The topological polar surface area (TPSA) is 79.6 Å². The summed E-state index contributed by atoms with van der Waals surface area (Å²) in [4.78, 5) is 30.6. The number of fused-ring (bicyclic) bond motifs is 1. The Bertz CT molecular complexity index is 1300. The van der Waals surface area contributed by atoms with Crippen LogP contribution in [-0.4, -0.2) is 46.3 Å². The van der Waals surface area contributed by atoms with Gasteiger partial charge in [-0.15, -0.1) is 0 Å². The van der Waals surface area contributed by atoms with Crippen molar-refractivity contribution in [1.82, 2.24) is 14.7 Å². The van der Waals surface area contributed by atoms with Gasteiger partial charge in [0.05, 0.1) is 23.0 Å². The van der Waals surface area contributed by atoms with Gasteiger partial charge in [0.15, 0.2) is 0 Å². The molecule has 35 heavy (non-hydrogen) atoms. The predicted octanol–water partition coefficient (Wildman–Crippen LogP) is 4.79. The number of carbonyl (C=O) groups excluding carboxylic acids is 2. The van der Waals surface area contributed by atoms with Gasteiger partial charge in [0.25, 0.3) is 5.91 Å². The maximum Gasteiger partial charge on any atom is 0.416 e. The van der Waals surface area contributed by atoms with E-state index in [-0.39, 0.29) is 17.6 Å². The van der Waals surface area contributed by atoms with Crippen LogP contribution in [0, 0.1) is 0 Å². The number of nitrogens with zero attached hydrogens (tertiary/aromatic N) is 4. The molecule has 10 heteroatoms. The number of anilines is 1. The minimum absolute atomic E-state index is 0.0181. The molecule has 0 fully saturated rings. The van der Waals surface area contributed by atoms with Crippen molar-refractivity contribution in [2.45, 2.75) is 32.6 Å². The summed E-state index contributed by atoms with van der Waals surface area (Å²) in [6.45, 7) is 3.97. The molecule has 1 aliphatic heterocycles. The average Bonchev–Trinajstić information content (AvgIpc) is 3.24. The second-order valence-electron chi connectivity index (χ2n) is 8.46. The molecule has 2 amide bonds. The zero-order valence-electron chi connectivity index (χ0n) is 19.4. The summed E-state index contributed by atoms with van der Waals surface area (Å²) < 4.78 is 41.3. The molecule has 4 rings (SSSR count). The molecule has 0 bridgehead atoms. The summed E-state index contributed by atoms with van der Waals surface area (Å²) in [5.74, 6) is -0.740. The molecule has 0 spiro atoms. The summed E-state index contributed by atoms with van der Waals surface area (Å²) in [6.07, 6.45) is -2.82. The fraction of sp³-hybridized carbons (Fsp3) is 0.280. The summed E-state index contributed by atoms with van der Waals surface area (Å²) in [6, 6.07) is 12.2. The van der Waals surface area contributed by atoms with Gasteiger partial charge in [-0.25, -0.2) is 0 Å². The van der Waals surface area contributed by atoms with E-state index in [1.807, 2.05) is 31.2 Å². The first-order chi connectivity index (χ1) is 16.6. The lowest BCUT2D eigenvalue weighted by Gasteiger charge is -2.31. The van der Waals surface area contributed by atoms with Crippen LogP contribution >= 0.6 is 0 Å². The minimum atomic E-state index is -4.56. The lowest BCUT2D eigenvalue weighted by Crippen LogP contribution is -2.41. The predicted molar refractivity (Wildman–Crippen MR) is 126 cm³/mol. The van der Waals surface area contributed by atoms with Crippen molar-refractivity contribution in [2.75, 3.05) is 18.9 Å². The Morgan fingerprint density at radius 3 is 2.54 bits per heavy atom. The zero-order valence-corrected chi connectivity index (χ0v) is 19.4. The van der Waals surface area contributed by atoms with Crippen molar-refractivity contribution in [2.24, 2.45) is 4.99 Å². The van der Waals surface area contributed by atoms with Gasteiger partial charge < -0.3 is 10.2 Å². The third-order valence-electron chi connectivity index (χ3n) is 5.71. The molecule has 1 atom stereocenters. The van der Waals surface area contributed by atoms with Crippen molar-refractivity contribution in [3.63, 3.8) is 0 Å². The maximum absolute atomic E-state index is 13.3. The standard InChI is InChI=1S/C25H24F3N5O2/c1-15-13-32(14-18-6-4-17(5-7-18)12-29-3)24(35)23-11-22(31-33(15)23)20-9-8-19(25(26,27)28)10-21(20)30-16(2)34/h4-12,15H,13-14H2,1-3H3,(H,30,34)/t15-/m0/s1. The Hall–Kier alpha value is -3.95. The van der Waals surface area contributed by atoms with Crippen molar-refractivity contribution in [3.8, 4) is 11.3 Å². The van der Waals surface area contributed by atoms with Crippen LogP contribution in [0.15, 0.2) is 53.5 Å². The first-order valence-corrected chi connectivity index (χ1v) is 11.0. The molecular formula is C25H24F3N5O2. The van der Waals surface area contributed by atoms with Crippen LogP contribution < -0.4 is 5.32 Å². The number of amides is 2. The van der Waals surface area contributed by atoms with Gasteiger partial charge in [0.1, 0.15) is 5.69 Å². The van der Waals surface area contributed by atoms with Crippen molar-refractivity contribution < 1.29 is 22.8 Å². The smallest absolute Gasteiger partial charge is 0.331 e. The maximum atomic E-state index is 13.3. The summed E-state index contributed by atoms with van der Waals surface area (Å²) in [5.41, 5.74) is 1.96. The molecular weight excluding hydrogens is 459 g/mol. The van der Waals surface area contributed by atoms with E-state index < -0.39 is 17.6 Å². The molecule has 2 heterocycles. The highest BCUT2D eigenvalue weighted by atomic mass is 19.4. The quantitative estimate of drug-likeness (QED) is 0.530. The first-order valence-electron chi connectivity index (χ1n) is 11.0. The Morgan fingerprint density at radius 2 is 1.91 bits per heavy atom. The van der Waals surface area contributed by atoms with Gasteiger partial charge in [-0.2, -0.15) is 18.3 Å². The molecule has 3 aromatic rings. The van der Waals surface area contributed by atoms with Crippen LogP contribution in [0.4, 0.5) is 18.9 Å². The van der Waals surface area contributed by atoms with E-state index in [9.17, 15) is 22.8 Å². The van der Waals surface area contributed by atoms with Gasteiger partial charge in [-0.05, 0) is 36.2 Å². The number of nitrogens with one attached hydrogen (secondary N) is 1. The van der Waals surface area contributed by atoms with Crippen molar-refractivity contribution >= 4 is 23.7 Å². The number of halogens is 3. The number of alkyl halides is 3. The normalized spacial score (nSPS) is 16.0. The van der Waals surface area contributed by atoms with E-state index in [1.165, 1.54) is 13.0 Å². The van der Waals surface area contributed by atoms with E-state index in [0.717, 1.165) is 23.3 Å². The van der Waals surface area contributed by atoms with Crippen molar-refractivity contribution in [1.29, 1.82) is 0 Å². The van der Waals surface area contributed by atoms with Gasteiger partial charge >= 0.3 is 6.18 Å². The number of hydrogen-bond donors (Lipinski definition) is 1. The number of aromatic nitrogens is 2. The summed E-state index contributed by atoms with van der Waals surface area (Å²) >= 11 is 0. The SMILES string of the molecule is CN=Cc1ccc(CN2C[C@H](C)n3nc(-c4ccc(C(F)(F)F)cc4NC(C)=O)cc3C2=O)cc1. The largest absolute Gasteiger partial charge is 0.416 e. The van der Waals surface area contributed by atoms with Crippen LogP contribution in [0.25, 0.3) is 11.3 Å². The lowest BCUT2D eigenvalue weighted by atomic mass is 10.0. The van der Waals surface area contributed by atoms with Gasteiger partial charge in [0, 0.05) is 38.8 Å². The summed E-state index contributed by atoms with van der Waals surface area (Å²) in [7, 11) is 1.70. The van der Waals surface area contributed by atoms with Crippen molar-refractivity contribution in [3.05, 3.63) is 70.9 Å². The molecule has 0 saturated carbocycles. The molecule has 0 radical (unpaired) electrons. The second-order valence-corrected chi connectivity index (χ2v) is 8.46. The van der Waals surface area contributed by atoms with Crippen LogP contribution in [-0.2, 0) is 17.5 Å². The lowest BCUT2D eigenvalue weighted by molar-refractivity contribution is -0.137. The van der Waals surface area contributed by atoms with E-state index in [1.54, 1.807) is 28.9 Å². The average molecular weight is 483 g/mol. The van der Waals surface area contributed by atoms with Gasteiger partial charge in [-0.3, -0.25) is 19.3 Å². The number of aliphatic imine (C=N–C) groups is 1. The Labute approximate surface area is 200 Å². The van der Waals surface area contributed by atoms with Crippen LogP contribution in [0.1, 0.15) is 47.1 Å². The molecule has 0 saturated heterocycles. The van der Waals surface area contributed by atoms with Gasteiger partial charge in [0.2, 0.25) is 5.91 Å². The Kier molecular flexibility index (Phi) is 6.47. The number of benzene rings is 2. The molecule has 1 aromatic heterocycles. The molecule has 7 nitrogen and oxygen atoms in total. The molecule has 182 valence electrons. The van der Waals surface area contributed by atoms with Gasteiger partial charge in [-0.1, -0.05) is 30.3 Å². The number of carbonyl (C=O) groups is 2. The highest BCUT2D eigenvalue weighted by Crippen LogP contribution is 2.36. The van der Waals surface area contributed by atoms with Crippen LogP contribution in [0.2, 0.25) is 0 Å². The van der Waals surface area contributed by atoms with Crippen LogP contribution in [0.3, 0.4) is 0 Å². The van der Waals surface area contributed by atoms with E-state index in [2.05, 4.69) is 15.4 Å². The van der Waals surface area contributed by atoms with E-state index in [4.69, 9.17) is 0 Å². The third-order valence-corrected chi connectivity index (χ3v) is 5.71. The van der Waals surface area contributed by atoms with E-state index in [0.29, 0.717) is 30.0 Å². The fourth-order valence-corrected chi connectivity index (χ4v) is 4.11. The number of hydrogen-bond acceptors (Lipinski definition) is 4. The fourth-order valence-electron chi connectivity index (χ4n) is 4.11. The van der Waals surface area contributed by atoms with Crippen LogP contribution in [0.5, 0.6) is 0 Å². The minimum Gasteiger partial charge on any atom is -0.331 e. The molecule has 1 N–H and O–H groups in total.